The lowest BCUT2D eigenvalue weighted by Gasteiger charge is -2.47. The van der Waals surface area contributed by atoms with Crippen LogP contribution in [0.15, 0.2) is 60.7 Å². The molecule has 2 aliphatic rings. The van der Waals surface area contributed by atoms with Crippen LogP contribution in [0, 0.1) is 0 Å². The Hall–Kier alpha value is -1.97. The topological polar surface area (TPSA) is 57.5 Å². The Labute approximate surface area is 167 Å². The smallest absolute Gasteiger partial charge is 0.196 e. The summed E-state index contributed by atoms with van der Waals surface area (Å²) in [6, 6.07) is 19.7. The summed E-state index contributed by atoms with van der Waals surface area (Å²) < 4.78 is 0. The summed E-state index contributed by atoms with van der Waals surface area (Å²) in [5.74, 6) is -0.864. The lowest BCUT2D eigenvalue weighted by atomic mass is 9.61. The third kappa shape index (κ3) is 3.31. The summed E-state index contributed by atoms with van der Waals surface area (Å²) in [6.07, 6.45) is 6.03. The fraction of sp³-hybridized carbons (Fsp3) is 0.480. The molecule has 3 heteroatoms. The normalized spacial score (nSPS) is 33.4. The van der Waals surface area contributed by atoms with Crippen LogP contribution in [0.3, 0.4) is 0 Å². The van der Waals surface area contributed by atoms with Gasteiger partial charge in [-0.1, -0.05) is 86.3 Å². The molecular weight excluding hydrogens is 348 g/mol. The highest BCUT2D eigenvalue weighted by atomic mass is 16.3. The van der Waals surface area contributed by atoms with Gasteiger partial charge in [-0.05, 0) is 36.8 Å². The van der Waals surface area contributed by atoms with Gasteiger partial charge in [-0.3, -0.25) is 4.79 Å². The third-order valence-electron chi connectivity index (χ3n) is 6.94. The highest BCUT2D eigenvalue weighted by Crippen LogP contribution is 2.49. The molecule has 0 radical (unpaired) electrons. The van der Waals surface area contributed by atoms with Crippen LogP contribution in [0.5, 0.6) is 0 Å². The summed E-state index contributed by atoms with van der Waals surface area (Å²) in [5.41, 5.74) is -1.01. The zero-order valence-electron chi connectivity index (χ0n) is 16.4. The number of Topliss-reactive ketones (excluding diaryl/α,β-unsaturated/α-hetero) is 1. The summed E-state index contributed by atoms with van der Waals surface area (Å²) in [6.45, 7) is 0. The Morgan fingerprint density at radius 2 is 1.07 bits per heavy atom. The van der Waals surface area contributed by atoms with E-state index in [2.05, 4.69) is 0 Å². The number of hydrogen-bond acceptors (Lipinski definition) is 3. The second kappa shape index (κ2) is 7.81. The molecule has 3 nitrogen and oxygen atoms in total. The summed E-state index contributed by atoms with van der Waals surface area (Å²) >= 11 is 0. The van der Waals surface area contributed by atoms with Gasteiger partial charge < -0.3 is 10.2 Å². The van der Waals surface area contributed by atoms with Crippen molar-refractivity contribution in [3.05, 3.63) is 71.8 Å². The van der Waals surface area contributed by atoms with Gasteiger partial charge in [-0.15, -0.1) is 0 Å². The van der Waals surface area contributed by atoms with E-state index in [1.54, 1.807) is 0 Å². The molecule has 0 bridgehead atoms. The molecule has 2 aromatic rings. The van der Waals surface area contributed by atoms with Gasteiger partial charge in [0.25, 0.3) is 0 Å². The van der Waals surface area contributed by atoms with E-state index in [1.165, 1.54) is 0 Å². The van der Waals surface area contributed by atoms with Crippen molar-refractivity contribution in [2.45, 2.75) is 74.4 Å². The second-order valence-electron chi connectivity index (χ2n) is 8.60. The SMILES string of the molecule is O=C(C1(O)CCCCC1c1ccccc1)C1(O)CCCCC1c1ccccc1. The highest BCUT2D eigenvalue weighted by Gasteiger charge is 2.57. The molecular formula is C25H30O3. The van der Waals surface area contributed by atoms with Crippen molar-refractivity contribution >= 4 is 5.78 Å². The standard InChI is InChI=1S/C25H30O3/c26-23(24(27)17-9-7-15-21(24)19-11-3-1-4-12-19)25(28)18-10-8-16-22(25)20-13-5-2-6-14-20/h1-6,11-14,21-22,27-28H,7-10,15-18H2. The van der Waals surface area contributed by atoms with Gasteiger partial charge >= 0.3 is 0 Å². The van der Waals surface area contributed by atoms with Crippen molar-refractivity contribution in [1.29, 1.82) is 0 Å². The summed E-state index contributed by atoms with van der Waals surface area (Å²) in [4.78, 5) is 13.9. The molecule has 148 valence electrons. The fourth-order valence-electron chi connectivity index (χ4n) is 5.49. The first-order chi connectivity index (χ1) is 13.6. The molecule has 2 fully saturated rings. The van der Waals surface area contributed by atoms with Gasteiger partial charge in [0, 0.05) is 11.8 Å². The minimum atomic E-state index is -1.50. The fourth-order valence-corrected chi connectivity index (χ4v) is 5.49. The van der Waals surface area contributed by atoms with E-state index in [-0.39, 0.29) is 17.6 Å². The van der Waals surface area contributed by atoms with Crippen LogP contribution < -0.4 is 0 Å². The molecule has 2 aromatic carbocycles. The van der Waals surface area contributed by atoms with Crippen LogP contribution >= 0.6 is 0 Å². The average molecular weight is 379 g/mol. The third-order valence-corrected chi connectivity index (χ3v) is 6.94. The number of rotatable bonds is 4. The predicted octanol–water partition coefficient (Wildman–Crippen LogP) is 4.73. The molecule has 28 heavy (non-hydrogen) atoms. The Morgan fingerprint density at radius 1 is 0.679 bits per heavy atom. The van der Waals surface area contributed by atoms with Gasteiger partial charge in [0.05, 0.1) is 0 Å². The molecule has 0 heterocycles. The Morgan fingerprint density at radius 3 is 1.46 bits per heavy atom. The maximum Gasteiger partial charge on any atom is 0.196 e. The van der Waals surface area contributed by atoms with Gasteiger partial charge in [0.15, 0.2) is 5.78 Å². The molecule has 2 saturated carbocycles. The molecule has 0 spiro atoms. The van der Waals surface area contributed by atoms with Crippen LogP contribution in [0.2, 0.25) is 0 Å². The lowest BCUT2D eigenvalue weighted by molar-refractivity contribution is -0.168. The maximum absolute atomic E-state index is 13.9. The number of aliphatic hydroxyl groups is 2. The Balaban J connectivity index is 1.72. The first-order valence-corrected chi connectivity index (χ1v) is 10.7. The van der Waals surface area contributed by atoms with Gasteiger partial charge in [-0.25, -0.2) is 0 Å². The van der Waals surface area contributed by atoms with Crippen molar-refractivity contribution < 1.29 is 15.0 Å². The second-order valence-corrected chi connectivity index (χ2v) is 8.60. The molecule has 0 aromatic heterocycles. The number of ketones is 1. The van der Waals surface area contributed by atoms with Crippen LogP contribution in [0.1, 0.15) is 74.3 Å². The first kappa shape index (κ1) is 19.4. The van der Waals surface area contributed by atoms with Crippen LogP contribution in [-0.2, 0) is 4.79 Å². The maximum atomic E-state index is 13.9. The Bertz CT molecular complexity index is 736. The van der Waals surface area contributed by atoms with Crippen molar-refractivity contribution in [3.63, 3.8) is 0 Å². The molecule has 4 atom stereocenters. The number of benzene rings is 2. The predicted molar refractivity (Wildman–Crippen MR) is 110 cm³/mol. The molecule has 2 N–H and O–H groups in total. The molecule has 4 unspecified atom stereocenters. The molecule has 4 rings (SSSR count). The summed E-state index contributed by atoms with van der Waals surface area (Å²) in [7, 11) is 0. The molecule has 0 saturated heterocycles. The molecule has 0 amide bonds. The van der Waals surface area contributed by atoms with Crippen molar-refractivity contribution in [2.75, 3.05) is 0 Å². The van der Waals surface area contributed by atoms with E-state index in [9.17, 15) is 15.0 Å². The van der Waals surface area contributed by atoms with Gasteiger partial charge in [0.2, 0.25) is 0 Å². The van der Waals surface area contributed by atoms with Crippen LogP contribution in [0.25, 0.3) is 0 Å². The van der Waals surface area contributed by atoms with E-state index in [4.69, 9.17) is 0 Å². The largest absolute Gasteiger partial charge is 0.381 e. The molecule has 2 aliphatic carbocycles. The van der Waals surface area contributed by atoms with E-state index < -0.39 is 11.2 Å². The molecule has 0 aliphatic heterocycles. The number of carbonyl (C=O) groups is 1. The average Bonchev–Trinajstić information content (AvgIpc) is 2.75. The lowest BCUT2D eigenvalue weighted by Crippen LogP contribution is -2.60. The zero-order chi connectivity index (χ0) is 19.6. The van der Waals surface area contributed by atoms with Crippen LogP contribution in [0.4, 0.5) is 0 Å². The zero-order valence-corrected chi connectivity index (χ0v) is 16.4. The minimum Gasteiger partial charge on any atom is -0.381 e. The quantitative estimate of drug-likeness (QED) is 0.808. The first-order valence-electron chi connectivity index (χ1n) is 10.7. The monoisotopic (exact) mass is 378 g/mol. The van der Waals surface area contributed by atoms with Crippen molar-refractivity contribution in [3.8, 4) is 0 Å². The summed E-state index contributed by atoms with van der Waals surface area (Å²) in [5, 5.41) is 23.5. The number of hydrogen-bond donors (Lipinski definition) is 2. The van der Waals surface area contributed by atoms with E-state index in [0.29, 0.717) is 12.8 Å². The Kier molecular flexibility index (Phi) is 5.39. The van der Waals surface area contributed by atoms with Crippen molar-refractivity contribution in [1.82, 2.24) is 0 Å². The van der Waals surface area contributed by atoms with Crippen LogP contribution in [-0.4, -0.2) is 27.2 Å². The highest BCUT2D eigenvalue weighted by molar-refractivity contribution is 5.96. The van der Waals surface area contributed by atoms with E-state index in [0.717, 1.165) is 49.7 Å². The minimum absolute atomic E-state index is 0.252. The van der Waals surface area contributed by atoms with Gasteiger partial charge in [0.1, 0.15) is 11.2 Å². The van der Waals surface area contributed by atoms with E-state index in [1.807, 2.05) is 60.7 Å². The van der Waals surface area contributed by atoms with E-state index >= 15 is 0 Å². The van der Waals surface area contributed by atoms with Crippen molar-refractivity contribution in [2.24, 2.45) is 0 Å². The van der Waals surface area contributed by atoms with Gasteiger partial charge in [-0.2, -0.15) is 0 Å². The number of carbonyl (C=O) groups excluding carboxylic acids is 1.